The smallest absolute Gasteiger partial charge is 0.250 e. The van der Waals surface area contributed by atoms with Gasteiger partial charge in [-0.2, -0.15) is 0 Å². The molecule has 4 nitrogen and oxygen atoms in total. The summed E-state index contributed by atoms with van der Waals surface area (Å²) in [6.07, 6.45) is 0.842. The van der Waals surface area contributed by atoms with Crippen LogP contribution in [0.15, 0.2) is 28.7 Å². The number of hydrogen-bond acceptors (Lipinski definition) is 2. The van der Waals surface area contributed by atoms with Crippen LogP contribution in [0, 0.1) is 5.92 Å². The van der Waals surface area contributed by atoms with E-state index in [2.05, 4.69) is 21.2 Å². The third-order valence-corrected chi connectivity index (χ3v) is 4.56. The minimum atomic E-state index is -0.499. The van der Waals surface area contributed by atoms with Gasteiger partial charge in [0.1, 0.15) is 12.1 Å². The standard InChI is InChI=1S/C15H19BrN2O2/c1-4-9(2)13-15(20)18(10(3)14(19)17-13)12-8-6-5-7-11(12)16/h5-10,13H,4H2,1-3H3,(H,17,19). The van der Waals surface area contributed by atoms with E-state index in [0.717, 1.165) is 16.6 Å². The molecule has 2 amide bonds. The molecule has 20 heavy (non-hydrogen) atoms. The number of carbonyl (C=O) groups is 2. The van der Waals surface area contributed by atoms with Gasteiger partial charge >= 0.3 is 0 Å². The maximum Gasteiger partial charge on any atom is 0.250 e. The van der Waals surface area contributed by atoms with Crippen LogP contribution in [0.25, 0.3) is 0 Å². The molecular weight excluding hydrogens is 320 g/mol. The van der Waals surface area contributed by atoms with Gasteiger partial charge in [-0.15, -0.1) is 0 Å². The first-order valence-corrected chi connectivity index (χ1v) is 7.64. The van der Waals surface area contributed by atoms with Crippen molar-refractivity contribution >= 4 is 33.4 Å². The molecule has 0 radical (unpaired) electrons. The second-order valence-corrected chi connectivity index (χ2v) is 6.06. The Morgan fingerprint density at radius 2 is 2.00 bits per heavy atom. The first kappa shape index (κ1) is 15.0. The van der Waals surface area contributed by atoms with E-state index in [4.69, 9.17) is 0 Å². The second-order valence-electron chi connectivity index (χ2n) is 5.21. The highest BCUT2D eigenvalue weighted by Gasteiger charge is 2.41. The summed E-state index contributed by atoms with van der Waals surface area (Å²) in [6, 6.07) is 6.53. The predicted molar refractivity (Wildman–Crippen MR) is 82.5 cm³/mol. The number of carbonyl (C=O) groups excluding carboxylic acids is 2. The van der Waals surface area contributed by atoms with Crippen molar-refractivity contribution in [3.63, 3.8) is 0 Å². The number of anilines is 1. The van der Waals surface area contributed by atoms with Gasteiger partial charge in [-0.1, -0.05) is 32.4 Å². The Bertz CT molecular complexity index is 532. The SMILES string of the molecule is CCC(C)C1NC(=O)C(C)N(c2ccccc2Br)C1=O. The van der Waals surface area contributed by atoms with E-state index < -0.39 is 12.1 Å². The molecule has 1 heterocycles. The van der Waals surface area contributed by atoms with Crippen LogP contribution in [0.1, 0.15) is 27.2 Å². The molecule has 0 spiro atoms. The summed E-state index contributed by atoms with van der Waals surface area (Å²) < 4.78 is 0.817. The van der Waals surface area contributed by atoms with Crippen LogP contribution >= 0.6 is 15.9 Å². The first-order valence-electron chi connectivity index (χ1n) is 6.85. The molecule has 1 aromatic carbocycles. The summed E-state index contributed by atoms with van der Waals surface area (Å²) in [7, 11) is 0. The van der Waals surface area contributed by atoms with Crippen LogP contribution in [0.2, 0.25) is 0 Å². The molecule has 0 aromatic heterocycles. The molecule has 1 aromatic rings. The summed E-state index contributed by atoms with van der Waals surface area (Å²) in [5, 5.41) is 2.84. The second kappa shape index (κ2) is 5.95. The highest BCUT2D eigenvalue weighted by molar-refractivity contribution is 9.10. The molecule has 1 fully saturated rings. The molecule has 1 aliphatic heterocycles. The summed E-state index contributed by atoms with van der Waals surface area (Å²) in [6.45, 7) is 5.75. The van der Waals surface area contributed by atoms with Gasteiger partial charge < -0.3 is 5.32 Å². The number of piperazine rings is 1. The highest BCUT2D eigenvalue weighted by Crippen LogP contribution is 2.30. The molecule has 5 heteroatoms. The fourth-order valence-corrected chi connectivity index (χ4v) is 2.87. The van der Waals surface area contributed by atoms with Gasteiger partial charge in [0.15, 0.2) is 0 Å². The van der Waals surface area contributed by atoms with Crippen molar-refractivity contribution in [1.29, 1.82) is 0 Å². The number of para-hydroxylation sites is 1. The topological polar surface area (TPSA) is 49.4 Å². The molecule has 2 rings (SSSR count). The molecule has 1 saturated heterocycles. The number of rotatable bonds is 3. The van der Waals surface area contributed by atoms with Crippen LogP contribution in [-0.4, -0.2) is 23.9 Å². The Labute approximate surface area is 127 Å². The summed E-state index contributed by atoms with van der Waals surface area (Å²) in [5.74, 6) is -0.0343. The lowest BCUT2D eigenvalue weighted by atomic mass is 9.94. The zero-order valence-electron chi connectivity index (χ0n) is 11.9. The zero-order chi connectivity index (χ0) is 14.9. The van der Waals surface area contributed by atoms with E-state index in [0.29, 0.717) is 0 Å². The molecule has 0 aliphatic carbocycles. The van der Waals surface area contributed by atoms with Crippen molar-refractivity contribution < 1.29 is 9.59 Å². The quantitative estimate of drug-likeness (QED) is 0.921. The van der Waals surface area contributed by atoms with Gasteiger partial charge in [0, 0.05) is 4.47 Å². The van der Waals surface area contributed by atoms with Gasteiger partial charge in [0.25, 0.3) is 5.91 Å². The number of benzene rings is 1. The fourth-order valence-electron chi connectivity index (χ4n) is 2.39. The maximum atomic E-state index is 12.7. The predicted octanol–water partition coefficient (Wildman–Crippen LogP) is 2.72. The Morgan fingerprint density at radius 1 is 1.35 bits per heavy atom. The molecule has 3 atom stereocenters. The molecule has 1 N–H and O–H groups in total. The lowest BCUT2D eigenvalue weighted by Crippen LogP contribution is -2.64. The summed E-state index contributed by atoms with van der Waals surface area (Å²) >= 11 is 3.46. The van der Waals surface area contributed by atoms with Gasteiger partial charge in [0.05, 0.1) is 5.69 Å². The molecule has 0 saturated carbocycles. The van der Waals surface area contributed by atoms with Crippen LogP contribution in [0.4, 0.5) is 5.69 Å². The van der Waals surface area contributed by atoms with E-state index >= 15 is 0 Å². The molecule has 1 aliphatic rings. The van der Waals surface area contributed by atoms with Crippen molar-refractivity contribution in [2.45, 2.75) is 39.3 Å². The van der Waals surface area contributed by atoms with Crippen LogP contribution in [0.3, 0.4) is 0 Å². The molecule has 3 unspecified atom stereocenters. The number of hydrogen-bond donors (Lipinski definition) is 1. The number of nitrogens with zero attached hydrogens (tertiary/aromatic N) is 1. The normalized spacial score (nSPS) is 24.5. The van der Waals surface area contributed by atoms with Gasteiger partial charge in [-0.25, -0.2) is 0 Å². The Morgan fingerprint density at radius 3 is 2.60 bits per heavy atom. The van der Waals surface area contributed by atoms with Crippen molar-refractivity contribution in [1.82, 2.24) is 5.32 Å². The zero-order valence-corrected chi connectivity index (χ0v) is 13.5. The average Bonchev–Trinajstić information content (AvgIpc) is 2.44. The Hall–Kier alpha value is -1.36. The lowest BCUT2D eigenvalue weighted by Gasteiger charge is -2.39. The highest BCUT2D eigenvalue weighted by atomic mass is 79.9. The van der Waals surface area contributed by atoms with Gasteiger partial charge in [-0.05, 0) is 40.9 Å². The van der Waals surface area contributed by atoms with Crippen molar-refractivity contribution in [3.05, 3.63) is 28.7 Å². The minimum Gasteiger partial charge on any atom is -0.342 e. The Balaban J connectivity index is 2.41. The first-order chi connectivity index (χ1) is 9.47. The average molecular weight is 339 g/mol. The monoisotopic (exact) mass is 338 g/mol. The molecular formula is C15H19BrN2O2. The number of nitrogens with one attached hydrogen (secondary N) is 1. The van der Waals surface area contributed by atoms with Gasteiger partial charge in [-0.3, -0.25) is 14.5 Å². The minimum absolute atomic E-state index is 0.0432. The largest absolute Gasteiger partial charge is 0.342 e. The summed E-state index contributed by atoms with van der Waals surface area (Å²) in [5.41, 5.74) is 0.744. The molecule has 108 valence electrons. The fraction of sp³-hybridized carbons (Fsp3) is 0.467. The van der Waals surface area contributed by atoms with Gasteiger partial charge in [0.2, 0.25) is 5.91 Å². The molecule has 0 bridgehead atoms. The Kier molecular flexibility index (Phi) is 4.48. The number of halogens is 1. The van der Waals surface area contributed by atoms with Crippen LogP contribution < -0.4 is 10.2 Å². The maximum absolute atomic E-state index is 12.7. The van der Waals surface area contributed by atoms with Crippen LogP contribution in [0.5, 0.6) is 0 Å². The number of amides is 2. The van der Waals surface area contributed by atoms with E-state index in [1.165, 1.54) is 0 Å². The van der Waals surface area contributed by atoms with E-state index in [1.54, 1.807) is 11.8 Å². The van der Waals surface area contributed by atoms with E-state index in [9.17, 15) is 9.59 Å². The van der Waals surface area contributed by atoms with Crippen molar-refractivity contribution in [3.8, 4) is 0 Å². The van der Waals surface area contributed by atoms with Crippen molar-refractivity contribution in [2.24, 2.45) is 5.92 Å². The summed E-state index contributed by atoms with van der Waals surface area (Å²) in [4.78, 5) is 26.5. The van der Waals surface area contributed by atoms with E-state index in [1.807, 2.05) is 38.1 Å². The third-order valence-electron chi connectivity index (χ3n) is 3.89. The third kappa shape index (κ3) is 2.59. The van der Waals surface area contributed by atoms with Crippen LogP contribution in [-0.2, 0) is 9.59 Å². The lowest BCUT2D eigenvalue weighted by molar-refractivity contribution is -0.134. The van der Waals surface area contributed by atoms with E-state index in [-0.39, 0.29) is 17.7 Å². The van der Waals surface area contributed by atoms with Crippen molar-refractivity contribution in [2.75, 3.05) is 4.90 Å².